The van der Waals surface area contributed by atoms with E-state index in [9.17, 15) is 13.2 Å². The van der Waals surface area contributed by atoms with Crippen molar-refractivity contribution >= 4 is 39.7 Å². The maximum Gasteiger partial charge on any atom is 0.261 e. The quantitative estimate of drug-likeness (QED) is 0.720. The van der Waals surface area contributed by atoms with Crippen LogP contribution in [0.5, 0.6) is 0 Å². The van der Waals surface area contributed by atoms with E-state index in [0.29, 0.717) is 11.4 Å². The Kier molecular flexibility index (Phi) is 7.20. The first-order chi connectivity index (χ1) is 11.6. The zero-order valence-electron chi connectivity index (χ0n) is 14.9. The number of anilines is 2. The Labute approximate surface area is 160 Å². The van der Waals surface area contributed by atoms with E-state index in [1.807, 2.05) is 20.8 Å². The van der Waals surface area contributed by atoms with E-state index in [-0.39, 0.29) is 28.6 Å². The average molecular weight is 398 g/mol. The number of amides is 1. The smallest absolute Gasteiger partial charge is 0.261 e. The lowest BCUT2D eigenvalue weighted by molar-refractivity contribution is -0.119. The second-order valence-electron chi connectivity index (χ2n) is 6.83. The van der Waals surface area contributed by atoms with E-state index >= 15 is 0 Å². The lowest BCUT2D eigenvalue weighted by Gasteiger charge is -2.25. The molecule has 2 aromatic rings. The van der Waals surface area contributed by atoms with E-state index in [4.69, 9.17) is 5.73 Å². The molecule has 1 atom stereocenters. The molecular weight excluding hydrogens is 374 g/mol. The van der Waals surface area contributed by atoms with Gasteiger partial charge in [0.25, 0.3) is 10.0 Å². The molecule has 6 nitrogen and oxygen atoms in total. The van der Waals surface area contributed by atoms with Gasteiger partial charge in [0.2, 0.25) is 5.91 Å². The van der Waals surface area contributed by atoms with Gasteiger partial charge in [0.15, 0.2) is 0 Å². The van der Waals surface area contributed by atoms with Crippen LogP contribution >= 0.6 is 12.4 Å². The molecule has 26 heavy (non-hydrogen) atoms. The highest BCUT2D eigenvalue weighted by molar-refractivity contribution is 7.92. The maximum absolute atomic E-state index is 12.4. The molecule has 0 saturated carbocycles. The van der Waals surface area contributed by atoms with E-state index in [1.165, 1.54) is 12.1 Å². The molecule has 0 aliphatic rings. The van der Waals surface area contributed by atoms with E-state index in [0.717, 1.165) is 0 Å². The first kappa shape index (κ1) is 22.0. The molecule has 1 amide bonds. The second kappa shape index (κ2) is 8.53. The summed E-state index contributed by atoms with van der Waals surface area (Å²) in [7, 11) is -3.69. The number of nitrogens with one attached hydrogen (secondary N) is 2. The van der Waals surface area contributed by atoms with Gasteiger partial charge in [-0.15, -0.1) is 12.4 Å². The summed E-state index contributed by atoms with van der Waals surface area (Å²) in [5.41, 5.74) is 6.38. The van der Waals surface area contributed by atoms with Gasteiger partial charge < -0.3 is 11.1 Å². The summed E-state index contributed by atoms with van der Waals surface area (Å²) in [4.78, 5) is 12.4. The van der Waals surface area contributed by atoms with Crippen LogP contribution in [0, 0.1) is 5.41 Å². The first-order valence-corrected chi connectivity index (χ1v) is 9.32. The van der Waals surface area contributed by atoms with Crippen molar-refractivity contribution < 1.29 is 13.2 Å². The number of nitrogens with two attached hydrogens (primary N) is 1. The summed E-state index contributed by atoms with van der Waals surface area (Å²) >= 11 is 0. The van der Waals surface area contributed by atoms with Crippen LogP contribution < -0.4 is 15.8 Å². The predicted molar refractivity (Wildman–Crippen MR) is 107 cm³/mol. The molecular formula is C18H24ClN3O3S. The predicted octanol–water partition coefficient (Wildman–Crippen LogP) is 3.22. The fourth-order valence-corrected chi connectivity index (χ4v) is 3.16. The number of sulfonamides is 1. The van der Waals surface area contributed by atoms with Crippen LogP contribution in [0.2, 0.25) is 0 Å². The Bertz CT molecular complexity index is 849. The Balaban J connectivity index is 0.00000338. The third-order valence-corrected chi connectivity index (χ3v) is 5.05. The van der Waals surface area contributed by atoms with Crippen LogP contribution in [-0.2, 0) is 14.8 Å². The molecule has 4 N–H and O–H groups in total. The van der Waals surface area contributed by atoms with Crippen molar-refractivity contribution in [3.05, 3.63) is 54.6 Å². The van der Waals surface area contributed by atoms with Gasteiger partial charge in [-0.05, 0) is 35.7 Å². The molecule has 0 radical (unpaired) electrons. The Morgan fingerprint density at radius 1 is 1.00 bits per heavy atom. The van der Waals surface area contributed by atoms with Gasteiger partial charge in [0, 0.05) is 5.69 Å². The van der Waals surface area contributed by atoms with Crippen LogP contribution in [-0.4, -0.2) is 20.4 Å². The van der Waals surface area contributed by atoms with Gasteiger partial charge in [-0.3, -0.25) is 9.52 Å². The molecule has 0 aliphatic heterocycles. The van der Waals surface area contributed by atoms with Gasteiger partial charge in [0.1, 0.15) is 0 Å². The minimum absolute atomic E-state index is 0. The zero-order chi connectivity index (χ0) is 18.7. The molecule has 0 aromatic heterocycles. The Morgan fingerprint density at radius 2 is 1.58 bits per heavy atom. The van der Waals surface area contributed by atoms with Gasteiger partial charge in [0.05, 0.1) is 16.6 Å². The standard InChI is InChI=1S/C18H23N3O3S.ClH/c1-18(2,3)16(19)17(22)20-13-8-7-9-14(12-13)21-25(23,24)15-10-5-4-6-11-15;/h4-12,16,21H,19H2,1-3H3,(H,20,22);1H/t16-;/m1./s1. The maximum atomic E-state index is 12.4. The number of benzene rings is 2. The molecule has 0 aliphatic carbocycles. The third kappa shape index (κ3) is 5.72. The number of carbonyl (C=O) groups is 1. The number of hydrogen-bond donors (Lipinski definition) is 3. The highest BCUT2D eigenvalue weighted by atomic mass is 35.5. The SMILES string of the molecule is CC(C)(C)[C@H](N)C(=O)Nc1cccc(NS(=O)(=O)c2ccccc2)c1.Cl. The minimum Gasteiger partial charge on any atom is -0.325 e. The van der Waals surface area contributed by atoms with Crippen LogP contribution in [0.3, 0.4) is 0 Å². The van der Waals surface area contributed by atoms with Crippen LogP contribution in [0.25, 0.3) is 0 Å². The van der Waals surface area contributed by atoms with Crippen molar-refractivity contribution in [2.24, 2.45) is 11.1 Å². The van der Waals surface area contributed by atoms with Crippen molar-refractivity contribution in [2.75, 3.05) is 10.0 Å². The molecule has 0 bridgehead atoms. The van der Waals surface area contributed by atoms with Crippen molar-refractivity contribution in [2.45, 2.75) is 31.7 Å². The summed E-state index contributed by atoms with van der Waals surface area (Å²) in [5, 5.41) is 2.72. The lowest BCUT2D eigenvalue weighted by Crippen LogP contribution is -2.45. The van der Waals surface area contributed by atoms with Crippen molar-refractivity contribution in [3.8, 4) is 0 Å². The monoisotopic (exact) mass is 397 g/mol. The molecule has 0 fully saturated rings. The fourth-order valence-electron chi connectivity index (χ4n) is 2.09. The molecule has 0 spiro atoms. The number of halogens is 1. The number of hydrogen-bond acceptors (Lipinski definition) is 4. The number of rotatable bonds is 5. The summed E-state index contributed by atoms with van der Waals surface area (Å²) in [6, 6.07) is 13.9. The van der Waals surface area contributed by atoms with Gasteiger partial charge in [-0.1, -0.05) is 45.0 Å². The third-order valence-electron chi connectivity index (χ3n) is 3.65. The molecule has 2 aromatic carbocycles. The van der Waals surface area contributed by atoms with Crippen LogP contribution in [0.15, 0.2) is 59.5 Å². The topological polar surface area (TPSA) is 101 Å². The summed E-state index contributed by atoms with van der Waals surface area (Å²) in [6.45, 7) is 5.63. The zero-order valence-corrected chi connectivity index (χ0v) is 16.5. The molecule has 2 rings (SSSR count). The summed E-state index contributed by atoms with van der Waals surface area (Å²) in [5.74, 6) is -0.324. The van der Waals surface area contributed by atoms with E-state index in [1.54, 1.807) is 42.5 Å². The first-order valence-electron chi connectivity index (χ1n) is 7.84. The molecule has 0 heterocycles. The Hall–Kier alpha value is -2.09. The van der Waals surface area contributed by atoms with Crippen LogP contribution in [0.1, 0.15) is 20.8 Å². The van der Waals surface area contributed by atoms with Gasteiger partial charge >= 0.3 is 0 Å². The van der Waals surface area contributed by atoms with Gasteiger partial charge in [-0.25, -0.2) is 8.42 Å². The highest BCUT2D eigenvalue weighted by Crippen LogP contribution is 2.22. The molecule has 0 saturated heterocycles. The minimum atomic E-state index is -3.69. The number of carbonyl (C=O) groups excluding carboxylic acids is 1. The largest absolute Gasteiger partial charge is 0.325 e. The normalized spacial score (nSPS) is 12.6. The van der Waals surface area contributed by atoms with Gasteiger partial charge in [-0.2, -0.15) is 0 Å². The fraction of sp³-hybridized carbons (Fsp3) is 0.278. The Morgan fingerprint density at radius 3 is 2.15 bits per heavy atom. The van der Waals surface area contributed by atoms with Crippen LogP contribution in [0.4, 0.5) is 11.4 Å². The molecule has 142 valence electrons. The summed E-state index contributed by atoms with van der Waals surface area (Å²) in [6.07, 6.45) is 0. The summed E-state index contributed by atoms with van der Waals surface area (Å²) < 4.78 is 27.2. The highest BCUT2D eigenvalue weighted by Gasteiger charge is 2.27. The van der Waals surface area contributed by atoms with E-state index in [2.05, 4.69) is 10.0 Å². The second-order valence-corrected chi connectivity index (χ2v) is 8.51. The van der Waals surface area contributed by atoms with Crippen molar-refractivity contribution in [1.82, 2.24) is 0 Å². The van der Waals surface area contributed by atoms with E-state index < -0.39 is 16.1 Å². The molecule has 0 unspecified atom stereocenters. The average Bonchev–Trinajstić information content (AvgIpc) is 2.54. The van der Waals surface area contributed by atoms with Crippen molar-refractivity contribution in [1.29, 1.82) is 0 Å². The molecule has 8 heteroatoms. The lowest BCUT2D eigenvalue weighted by atomic mass is 9.87. The van der Waals surface area contributed by atoms with Crippen molar-refractivity contribution in [3.63, 3.8) is 0 Å².